The Balaban J connectivity index is 2.52. The second kappa shape index (κ2) is 7.17. The van der Waals surface area contributed by atoms with E-state index in [1.165, 1.54) is 0 Å². The monoisotopic (exact) mass is 408 g/mol. The molecule has 0 radical (unpaired) electrons. The van der Waals surface area contributed by atoms with Crippen molar-refractivity contribution < 1.29 is 0 Å². The summed E-state index contributed by atoms with van der Waals surface area (Å²) in [5.41, 5.74) is 1.92. The van der Waals surface area contributed by atoms with Crippen molar-refractivity contribution in [3.63, 3.8) is 0 Å². The zero-order valence-electron chi connectivity index (χ0n) is 11.5. The molecule has 0 aromatic heterocycles. The average molecular weight is 411 g/mol. The average Bonchev–Trinajstić information content (AvgIpc) is 2.46. The van der Waals surface area contributed by atoms with E-state index in [0.29, 0.717) is 16.5 Å². The van der Waals surface area contributed by atoms with Crippen LogP contribution in [-0.2, 0) is 11.5 Å². The Labute approximate surface area is 155 Å². The maximum atomic E-state index is 6.45. The molecular formula is C16H13Cl5Si. The van der Waals surface area contributed by atoms with Gasteiger partial charge in [0, 0.05) is 10.0 Å². The highest BCUT2D eigenvalue weighted by atomic mass is 35.8. The van der Waals surface area contributed by atoms with Crippen molar-refractivity contribution in [3.05, 3.63) is 82.4 Å². The molecule has 0 heterocycles. The van der Waals surface area contributed by atoms with E-state index < -0.39 is 11.0 Å². The van der Waals surface area contributed by atoms with Crippen LogP contribution in [0.4, 0.5) is 0 Å². The van der Waals surface area contributed by atoms with Gasteiger partial charge in [0.05, 0.1) is 5.04 Å². The summed E-state index contributed by atoms with van der Waals surface area (Å²) >= 11 is 31.3. The van der Waals surface area contributed by atoms with Crippen LogP contribution in [0.1, 0.15) is 11.1 Å². The van der Waals surface area contributed by atoms with Gasteiger partial charge >= 0.3 is 6.00 Å². The van der Waals surface area contributed by atoms with Crippen LogP contribution in [-0.4, -0.2) is 6.00 Å². The second-order valence-electron chi connectivity index (χ2n) is 4.98. The van der Waals surface area contributed by atoms with Crippen LogP contribution < -0.4 is 0 Å². The maximum absolute atomic E-state index is 6.45. The van der Waals surface area contributed by atoms with Gasteiger partial charge in [0.2, 0.25) is 0 Å². The highest BCUT2D eigenvalue weighted by molar-refractivity contribution is 7.65. The van der Waals surface area contributed by atoms with E-state index in [1.807, 2.05) is 36.4 Å². The predicted octanol–water partition coefficient (Wildman–Crippen LogP) is 6.85. The molecule has 2 rings (SSSR count). The second-order valence-corrected chi connectivity index (χ2v) is 14.6. The van der Waals surface area contributed by atoms with Crippen molar-refractivity contribution in [2.45, 2.75) is 11.5 Å². The molecule has 22 heavy (non-hydrogen) atoms. The van der Waals surface area contributed by atoms with E-state index in [1.54, 1.807) is 18.2 Å². The van der Waals surface area contributed by atoms with E-state index in [-0.39, 0.29) is 0 Å². The first-order valence-electron chi connectivity index (χ1n) is 6.49. The van der Waals surface area contributed by atoms with Crippen LogP contribution >= 0.6 is 56.4 Å². The zero-order valence-corrected chi connectivity index (χ0v) is 16.3. The first-order chi connectivity index (χ1) is 10.3. The van der Waals surface area contributed by atoms with Crippen molar-refractivity contribution >= 4 is 62.4 Å². The normalized spacial score (nSPS) is 14.4. The number of hydrogen-bond acceptors (Lipinski definition) is 0. The lowest BCUT2D eigenvalue weighted by atomic mass is 9.91. The third kappa shape index (κ3) is 3.84. The van der Waals surface area contributed by atoms with Gasteiger partial charge < -0.3 is 0 Å². The summed E-state index contributed by atoms with van der Waals surface area (Å²) in [6, 6.07) is 11.7. The molecule has 0 aliphatic carbocycles. The van der Waals surface area contributed by atoms with Gasteiger partial charge in [-0.3, -0.25) is 0 Å². The van der Waals surface area contributed by atoms with Crippen LogP contribution in [0.3, 0.4) is 0 Å². The van der Waals surface area contributed by atoms with Gasteiger partial charge in [-0.2, -0.15) is 0 Å². The topological polar surface area (TPSA) is 0 Å². The lowest BCUT2D eigenvalue weighted by Gasteiger charge is -2.36. The number of hydrogen-bond donors (Lipinski definition) is 0. The third-order valence-electron chi connectivity index (χ3n) is 3.61. The molecule has 0 saturated carbocycles. The molecule has 2 aromatic rings. The van der Waals surface area contributed by atoms with Gasteiger partial charge in [-0.25, -0.2) is 0 Å². The summed E-state index contributed by atoms with van der Waals surface area (Å²) in [4.78, 5) is 0. The molecule has 0 fully saturated rings. The molecule has 0 saturated heterocycles. The van der Waals surface area contributed by atoms with Crippen molar-refractivity contribution in [1.82, 2.24) is 0 Å². The fourth-order valence-electron chi connectivity index (χ4n) is 2.34. The Morgan fingerprint density at radius 3 is 1.73 bits per heavy atom. The Morgan fingerprint density at radius 1 is 0.864 bits per heavy atom. The summed E-state index contributed by atoms with van der Waals surface area (Å²) in [7, 11) is 0. The van der Waals surface area contributed by atoms with Gasteiger partial charge in [-0.05, 0) is 41.8 Å². The number of benzene rings is 2. The van der Waals surface area contributed by atoms with Gasteiger partial charge in [-0.15, -0.1) is 39.8 Å². The van der Waals surface area contributed by atoms with E-state index in [9.17, 15) is 0 Å². The van der Waals surface area contributed by atoms with E-state index in [2.05, 4.69) is 6.58 Å². The first kappa shape index (κ1) is 18.2. The molecule has 0 aliphatic rings. The molecule has 0 spiro atoms. The first-order valence-corrected chi connectivity index (χ1v) is 12.3. The van der Waals surface area contributed by atoms with Gasteiger partial charge in [0.1, 0.15) is 0 Å². The molecular weight excluding hydrogens is 398 g/mol. The summed E-state index contributed by atoms with van der Waals surface area (Å²) in [5.74, 6) is 0. The lowest BCUT2D eigenvalue weighted by Crippen LogP contribution is -2.44. The molecule has 1 atom stereocenters. The summed E-state index contributed by atoms with van der Waals surface area (Å²) in [6.45, 7) is 3.93. The van der Waals surface area contributed by atoms with Crippen molar-refractivity contribution in [1.29, 1.82) is 0 Å². The number of allylic oxidation sites excluding steroid dienone is 1. The van der Waals surface area contributed by atoms with Crippen LogP contribution in [0.2, 0.25) is 10.0 Å². The molecule has 0 bridgehead atoms. The Hall–Kier alpha value is -0.153. The van der Waals surface area contributed by atoms with E-state index in [4.69, 9.17) is 56.4 Å². The summed E-state index contributed by atoms with van der Waals surface area (Å²) < 4.78 is 0. The van der Waals surface area contributed by atoms with Crippen LogP contribution in [0.5, 0.6) is 0 Å². The minimum atomic E-state index is -3.17. The third-order valence-corrected chi connectivity index (χ3v) is 8.83. The van der Waals surface area contributed by atoms with Gasteiger partial charge in [0.25, 0.3) is 0 Å². The maximum Gasteiger partial charge on any atom is 0.355 e. The van der Waals surface area contributed by atoms with Gasteiger partial charge in [-0.1, -0.05) is 53.5 Å². The molecule has 0 aliphatic heterocycles. The van der Waals surface area contributed by atoms with Crippen LogP contribution in [0.15, 0.2) is 61.2 Å². The highest BCUT2D eigenvalue weighted by Gasteiger charge is 2.50. The van der Waals surface area contributed by atoms with Crippen LogP contribution in [0.25, 0.3) is 0 Å². The van der Waals surface area contributed by atoms with E-state index in [0.717, 1.165) is 11.1 Å². The fourth-order valence-corrected chi connectivity index (χ4v) is 6.00. The number of rotatable bonds is 5. The van der Waals surface area contributed by atoms with Crippen molar-refractivity contribution in [2.75, 3.05) is 0 Å². The predicted molar refractivity (Wildman–Crippen MR) is 102 cm³/mol. The quantitative estimate of drug-likeness (QED) is 0.287. The molecule has 0 nitrogen and oxygen atoms in total. The zero-order chi connectivity index (χ0) is 16.4. The summed E-state index contributed by atoms with van der Waals surface area (Å²) in [5, 5.41) is 0.570. The Kier molecular flexibility index (Phi) is 5.93. The minimum Gasteiger partial charge on any atom is -0.125 e. The van der Waals surface area contributed by atoms with Crippen molar-refractivity contribution in [3.8, 4) is 0 Å². The Bertz CT molecular complexity index is 646. The molecule has 0 amide bonds. The largest absolute Gasteiger partial charge is 0.355 e. The van der Waals surface area contributed by atoms with E-state index >= 15 is 0 Å². The minimum absolute atomic E-state index is 0.540. The molecule has 6 heteroatoms. The fraction of sp³-hybridized carbons (Fsp3) is 0.125. The molecule has 2 aromatic carbocycles. The Morgan fingerprint density at radius 2 is 1.32 bits per heavy atom. The lowest BCUT2D eigenvalue weighted by molar-refractivity contribution is 0.738. The SMILES string of the molecule is C=CC(Cc1ccc(Cl)cc1)(c1ccc(Cl)cc1)[Si](Cl)(Cl)Cl. The van der Waals surface area contributed by atoms with Crippen molar-refractivity contribution in [2.24, 2.45) is 0 Å². The standard InChI is InChI=1S/C16H13Cl5Si/c1-2-16(22(19,20)21,13-5-9-15(18)10-6-13)11-12-3-7-14(17)8-4-12/h2-10H,1,11H2. The highest BCUT2D eigenvalue weighted by Crippen LogP contribution is 2.46. The van der Waals surface area contributed by atoms with Crippen LogP contribution in [0, 0.1) is 0 Å². The number of halogens is 5. The smallest absolute Gasteiger partial charge is 0.125 e. The molecule has 1 unspecified atom stereocenters. The molecule has 0 N–H and O–H groups in total. The van der Waals surface area contributed by atoms with Gasteiger partial charge in [0.15, 0.2) is 0 Å². The summed E-state index contributed by atoms with van der Waals surface area (Å²) in [6.07, 6.45) is 2.28. The molecule has 116 valence electrons.